The third-order valence-electron chi connectivity index (χ3n) is 2.97. The summed E-state index contributed by atoms with van der Waals surface area (Å²) in [6, 6.07) is 0.0682. The molecule has 1 aliphatic heterocycles. The van der Waals surface area contributed by atoms with Crippen molar-refractivity contribution in [3.8, 4) is 0 Å². The molecule has 1 unspecified atom stereocenters. The highest BCUT2D eigenvalue weighted by molar-refractivity contribution is 5.88. The zero-order chi connectivity index (χ0) is 11.5. The predicted molar refractivity (Wildman–Crippen MR) is 63.0 cm³/mol. The molecule has 15 heavy (non-hydrogen) atoms. The number of nitrogens with zero attached hydrogens (tertiary/aromatic N) is 1. The first-order valence-corrected chi connectivity index (χ1v) is 5.87. The van der Waals surface area contributed by atoms with E-state index < -0.39 is 0 Å². The molecule has 0 aromatic heterocycles. The number of nitrogens with one attached hydrogen (secondary N) is 1. The van der Waals surface area contributed by atoms with Crippen molar-refractivity contribution in [1.82, 2.24) is 10.2 Å². The summed E-state index contributed by atoms with van der Waals surface area (Å²) in [7, 11) is 2.13. The molecule has 88 valence electrons. The standard InChI is InChI=1S/C12H24N2O/c1-12(2,3)11(15)10-6-5-8-14(4)9-7-13-10/h10,13H,5-9H2,1-4H3. The van der Waals surface area contributed by atoms with Crippen LogP contribution in [0.25, 0.3) is 0 Å². The molecule has 1 aliphatic rings. The summed E-state index contributed by atoms with van der Waals surface area (Å²) < 4.78 is 0. The molecule has 3 nitrogen and oxygen atoms in total. The van der Waals surface area contributed by atoms with Gasteiger partial charge >= 0.3 is 0 Å². The van der Waals surface area contributed by atoms with Crippen molar-refractivity contribution in [3.63, 3.8) is 0 Å². The molecule has 1 saturated heterocycles. The maximum atomic E-state index is 12.1. The number of likely N-dealkylation sites (N-methyl/N-ethyl adjacent to an activating group) is 1. The van der Waals surface area contributed by atoms with Gasteiger partial charge in [0, 0.05) is 18.5 Å². The van der Waals surface area contributed by atoms with Crippen LogP contribution < -0.4 is 5.32 Å². The zero-order valence-electron chi connectivity index (χ0n) is 10.5. The first kappa shape index (κ1) is 12.7. The molecule has 1 rings (SSSR count). The van der Waals surface area contributed by atoms with E-state index in [1.807, 2.05) is 20.8 Å². The van der Waals surface area contributed by atoms with Crippen LogP contribution in [0.2, 0.25) is 0 Å². The number of rotatable bonds is 1. The van der Waals surface area contributed by atoms with E-state index in [9.17, 15) is 4.79 Å². The molecule has 0 spiro atoms. The predicted octanol–water partition coefficient (Wildman–Crippen LogP) is 1.29. The van der Waals surface area contributed by atoms with Crippen molar-refractivity contribution in [2.45, 2.75) is 39.7 Å². The lowest BCUT2D eigenvalue weighted by atomic mass is 9.84. The first-order chi connectivity index (χ1) is 6.91. The molecular formula is C12H24N2O. The minimum atomic E-state index is -0.219. The number of carbonyl (C=O) groups is 1. The van der Waals surface area contributed by atoms with Crippen LogP contribution in [0.5, 0.6) is 0 Å². The fourth-order valence-corrected chi connectivity index (χ4v) is 1.96. The highest BCUT2D eigenvalue weighted by atomic mass is 16.1. The van der Waals surface area contributed by atoms with Crippen LogP contribution in [0.4, 0.5) is 0 Å². The van der Waals surface area contributed by atoms with E-state index >= 15 is 0 Å². The molecule has 0 radical (unpaired) electrons. The minimum Gasteiger partial charge on any atom is -0.306 e. The average Bonchev–Trinajstić information content (AvgIpc) is 2.08. The third kappa shape index (κ3) is 3.92. The molecule has 0 aromatic rings. The van der Waals surface area contributed by atoms with Gasteiger partial charge in [0.1, 0.15) is 0 Å². The third-order valence-corrected chi connectivity index (χ3v) is 2.97. The number of Topliss-reactive ketones (excluding diaryl/α,β-unsaturated/α-hetero) is 1. The monoisotopic (exact) mass is 212 g/mol. The molecule has 0 saturated carbocycles. The van der Waals surface area contributed by atoms with Crippen molar-refractivity contribution in [2.75, 3.05) is 26.7 Å². The summed E-state index contributed by atoms with van der Waals surface area (Å²) in [6.45, 7) is 9.07. The van der Waals surface area contributed by atoms with Gasteiger partial charge in [0.15, 0.2) is 5.78 Å². The van der Waals surface area contributed by atoms with Crippen molar-refractivity contribution in [2.24, 2.45) is 5.41 Å². The fraction of sp³-hybridized carbons (Fsp3) is 0.917. The van der Waals surface area contributed by atoms with Gasteiger partial charge in [-0.25, -0.2) is 0 Å². The lowest BCUT2D eigenvalue weighted by Gasteiger charge is -2.29. The van der Waals surface area contributed by atoms with Gasteiger partial charge in [0.05, 0.1) is 6.04 Å². The van der Waals surface area contributed by atoms with Gasteiger partial charge in [-0.05, 0) is 26.4 Å². The number of ketones is 1. The van der Waals surface area contributed by atoms with Crippen molar-refractivity contribution < 1.29 is 4.79 Å². The summed E-state index contributed by atoms with van der Waals surface area (Å²) in [5.74, 6) is 0.354. The topological polar surface area (TPSA) is 32.3 Å². The summed E-state index contributed by atoms with van der Waals surface area (Å²) in [5.41, 5.74) is -0.219. The van der Waals surface area contributed by atoms with Crippen LogP contribution in [0, 0.1) is 5.41 Å². The minimum absolute atomic E-state index is 0.0682. The molecule has 1 N–H and O–H groups in total. The van der Waals surface area contributed by atoms with E-state index in [1.165, 1.54) is 0 Å². The Labute approximate surface area is 93.2 Å². The lowest BCUT2D eigenvalue weighted by molar-refractivity contribution is -0.128. The quantitative estimate of drug-likeness (QED) is 0.711. The second kappa shape index (κ2) is 5.08. The Hall–Kier alpha value is -0.410. The van der Waals surface area contributed by atoms with Crippen LogP contribution in [0.3, 0.4) is 0 Å². The van der Waals surface area contributed by atoms with E-state index in [4.69, 9.17) is 0 Å². The Morgan fingerprint density at radius 1 is 1.33 bits per heavy atom. The van der Waals surface area contributed by atoms with E-state index in [0.29, 0.717) is 5.78 Å². The Kier molecular flexibility index (Phi) is 4.29. The maximum Gasteiger partial charge on any atom is 0.155 e. The Morgan fingerprint density at radius 3 is 2.60 bits per heavy atom. The largest absolute Gasteiger partial charge is 0.306 e. The van der Waals surface area contributed by atoms with Crippen LogP contribution in [-0.2, 0) is 4.79 Å². The number of hydrogen-bond donors (Lipinski definition) is 1. The van der Waals surface area contributed by atoms with Crippen molar-refractivity contribution in [1.29, 1.82) is 0 Å². The van der Waals surface area contributed by atoms with E-state index in [1.54, 1.807) is 0 Å². The summed E-state index contributed by atoms with van der Waals surface area (Å²) in [6.07, 6.45) is 2.08. The molecule has 1 atom stereocenters. The first-order valence-electron chi connectivity index (χ1n) is 5.87. The van der Waals surface area contributed by atoms with Crippen LogP contribution >= 0.6 is 0 Å². The summed E-state index contributed by atoms with van der Waals surface area (Å²) in [4.78, 5) is 14.4. The van der Waals surface area contributed by atoms with Crippen LogP contribution in [0.1, 0.15) is 33.6 Å². The van der Waals surface area contributed by atoms with Gasteiger partial charge in [0.25, 0.3) is 0 Å². The van der Waals surface area contributed by atoms with Crippen LogP contribution in [-0.4, -0.2) is 43.4 Å². The van der Waals surface area contributed by atoms with E-state index in [-0.39, 0.29) is 11.5 Å². The van der Waals surface area contributed by atoms with Gasteiger partial charge in [-0.15, -0.1) is 0 Å². The molecule has 1 heterocycles. The molecule has 1 fully saturated rings. The normalized spacial score (nSPS) is 25.7. The maximum absolute atomic E-state index is 12.1. The summed E-state index contributed by atoms with van der Waals surface area (Å²) in [5, 5.41) is 3.37. The Bertz CT molecular complexity index is 210. The second-order valence-corrected chi connectivity index (χ2v) is 5.57. The Balaban J connectivity index is 2.52. The van der Waals surface area contributed by atoms with Crippen molar-refractivity contribution in [3.05, 3.63) is 0 Å². The van der Waals surface area contributed by atoms with Gasteiger partial charge in [-0.3, -0.25) is 4.79 Å². The molecular weight excluding hydrogens is 188 g/mol. The van der Waals surface area contributed by atoms with Crippen molar-refractivity contribution >= 4 is 5.78 Å². The zero-order valence-corrected chi connectivity index (χ0v) is 10.5. The van der Waals surface area contributed by atoms with E-state index in [0.717, 1.165) is 32.5 Å². The van der Waals surface area contributed by atoms with Gasteiger partial charge in [0.2, 0.25) is 0 Å². The molecule has 0 aliphatic carbocycles. The molecule has 3 heteroatoms. The van der Waals surface area contributed by atoms with E-state index in [2.05, 4.69) is 17.3 Å². The highest BCUT2D eigenvalue weighted by Gasteiger charge is 2.29. The number of hydrogen-bond acceptors (Lipinski definition) is 3. The second-order valence-electron chi connectivity index (χ2n) is 5.57. The summed E-state index contributed by atoms with van der Waals surface area (Å²) >= 11 is 0. The van der Waals surface area contributed by atoms with Gasteiger partial charge in [-0.1, -0.05) is 20.8 Å². The SMILES string of the molecule is CN1CCCC(C(=O)C(C)(C)C)NCC1. The Morgan fingerprint density at radius 2 is 2.00 bits per heavy atom. The van der Waals surface area contributed by atoms with Gasteiger partial charge in [-0.2, -0.15) is 0 Å². The molecule has 0 bridgehead atoms. The lowest BCUT2D eigenvalue weighted by Crippen LogP contribution is -2.47. The molecule has 0 amide bonds. The van der Waals surface area contributed by atoms with Gasteiger partial charge < -0.3 is 10.2 Å². The van der Waals surface area contributed by atoms with Crippen LogP contribution in [0.15, 0.2) is 0 Å². The average molecular weight is 212 g/mol. The highest BCUT2D eigenvalue weighted by Crippen LogP contribution is 2.19. The smallest absolute Gasteiger partial charge is 0.155 e. The molecule has 0 aromatic carbocycles. The fourth-order valence-electron chi connectivity index (χ4n) is 1.96. The number of carbonyl (C=O) groups excluding carboxylic acids is 1.